The van der Waals surface area contributed by atoms with E-state index in [2.05, 4.69) is 23.7 Å². The van der Waals surface area contributed by atoms with Gasteiger partial charge in [0.25, 0.3) is 0 Å². The maximum atomic E-state index is 5.67. The third-order valence-corrected chi connectivity index (χ3v) is 4.57. The van der Waals surface area contributed by atoms with Gasteiger partial charge in [-0.1, -0.05) is 0 Å². The summed E-state index contributed by atoms with van der Waals surface area (Å²) in [6.07, 6.45) is 4.29. The Morgan fingerprint density at radius 3 is 2.50 bits per heavy atom. The van der Waals surface area contributed by atoms with E-state index >= 15 is 0 Å². The van der Waals surface area contributed by atoms with Crippen LogP contribution in [0.25, 0.3) is 0 Å². The summed E-state index contributed by atoms with van der Waals surface area (Å²) in [6, 6.07) is 4.78. The van der Waals surface area contributed by atoms with Gasteiger partial charge in [-0.2, -0.15) is 0 Å². The highest BCUT2D eigenvalue weighted by molar-refractivity contribution is 7.98. The Morgan fingerprint density at radius 2 is 1.80 bits per heavy atom. The summed E-state index contributed by atoms with van der Waals surface area (Å²) < 4.78 is 16.7. The lowest BCUT2D eigenvalue weighted by Gasteiger charge is -2.25. The molecule has 1 N–H and O–H groups in total. The number of ether oxygens (including phenoxy) is 3. The molecule has 2 aliphatic rings. The summed E-state index contributed by atoms with van der Waals surface area (Å²) in [5.74, 6) is 1.74. The van der Waals surface area contributed by atoms with E-state index < -0.39 is 0 Å². The monoisotopic (exact) mass is 295 g/mol. The van der Waals surface area contributed by atoms with Gasteiger partial charge in [-0.25, -0.2) is 0 Å². The number of hydrogen-bond donors (Lipinski definition) is 1. The van der Waals surface area contributed by atoms with E-state index in [0.717, 1.165) is 44.1 Å². The minimum atomic E-state index is 0.562. The van der Waals surface area contributed by atoms with Crippen molar-refractivity contribution < 1.29 is 14.2 Å². The third-order valence-electron chi connectivity index (χ3n) is 3.75. The van der Waals surface area contributed by atoms with E-state index in [-0.39, 0.29) is 0 Å². The fourth-order valence-electron chi connectivity index (χ4n) is 2.60. The van der Waals surface area contributed by atoms with Crippen molar-refractivity contribution in [2.24, 2.45) is 0 Å². The number of benzene rings is 1. The summed E-state index contributed by atoms with van der Waals surface area (Å²) in [7, 11) is 0. The Kier molecular flexibility index (Phi) is 4.70. The molecular formula is C15H21NO3S. The van der Waals surface area contributed by atoms with Crippen molar-refractivity contribution in [1.82, 2.24) is 5.32 Å². The first-order valence-electron chi connectivity index (χ1n) is 7.14. The minimum Gasteiger partial charge on any atom is -0.486 e. The highest BCUT2D eigenvalue weighted by atomic mass is 32.2. The van der Waals surface area contributed by atoms with Crippen LogP contribution in [0.4, 0.5) is 0 Å². The lowest BCUT2D eigenvalue weighted by Crippen LogP contribution is -2.34. The molecule has 5 heteroatoms. The highest BCUT2D eigenvalue weighted by Gasteiger charge is 2.17. The maximum absolute atomic E-state index is 5.67. The van der Waals surface area contributed by atoms with Crippen LogP contribution in [0.1, 0.15) is 18.4 Å². The fourth-order valence-corrected chi connectivity index (χ4v) is 3.21. The van der Waals surface area contributed by atoms with Crippen LogP contribution < -0.4 is 14.8 Å². The Bertz CT molecular complexity index is 461. The molecule has 20 heavy (non-hydrogen) atoms. The van der Waals surface area contributed by atoms with Gasteiger partial charge in [0.15, 0.2) is 11.5 Å². The van der Waals surface area contributed by atoms with Crippen LogP contribution in [0.15, 0.2) is 17.0 Å². The Balaban J connectivity index is 1.70. The van der Waals surface area contributed by atoms with Crippen LogP contribution in [0.2, 0.25) is 0 Å². The topological polar surface area (TPSA) is 39.7 Å². The van der Waals surface area contributed by atoms with Crippen molar-refractivity contribution in [3.05, 3.63) is 17.7 Å². The molecule has 0 aromatic heterocycles. The standard InChI is InChI=1S/C15H21NO3S/c1-20-15-9-14-13(18-6-7-19-14)8-11(15)10-16-12-2-4-17-5-3-12/h8-9,12,16H,2-7,10H2,1H3. The largest absolute Gasteiger partial charge is 0.486 e. The molecule has 2 heterocycles. The highest BCUT2D eigenvalue weighted by Crippen LogP contribution is 2.36. The van der Waals surface area contributed by atoms with Gasteiger partial charge in [-0.05, 0) is 36.8 Å². The molecule has 1 fully saturated rings. The van der Waals surface area contributed by atoms with Crippen molar-refractivity contribution in [3.63, 3.8) is 0 Å². The Labute approximate surface area is 124 Å². The first-order chi connectivity index (χ1) is 9.86. The SMILES string of the molecule is CSc1cc2c(cc1CNC1CCOCC1)OCCO2. The minimum absolute atomic E-state index is 0.562. The average Bonchev–Trinajstić information content (AvgIpc) is 2.53. The van der Waals surface area contributed by atoms with Crippen LogP contribution in [-0.4, -0.2) is 38.7 Å². The van der Waals surface area contributed by atoms with Gasteiger partial charge in [-0.3, -0.25) is 0 Å². The molecule has 0 atom stereocenters. The number of hydrogen-bond acceptors (Lipinski definition) is 5. The maximum Gasteiger partial charge on any atom is 0.162 e. The fraction of sp³-hybridized carbons (Fsp3) is 0.600. The molecule has 1 saturated heterocycles. The third kappa shape index (κ3) is 3.22. The summed E-state index contributed by atoms with van der Waals surface area (Å²) in [5.41, 5.74) is 1.29. The molecular weight excluding hydrogens is 274 g/mol. The van der Waals surface area contributed by atoms with Crippen molar-refractivity contribution in [1.29, 1.82) is 0 Å². The normalized spacial score (nSPS) is 19.1. The number of fused-ring (bicyclic) bond motifs is 1. The van der Waals surface area contributed by atoms with Crippen LogP contribution in [0, 0.1) is 0 Å². The molecule has 3 rings (SSSR count). The molecule has 1 aromatic rings. The second-order valence-electron chi connectivity index (χ2n) is 5.08. The molecule has 0 amide bonds. The van der Waals surface area contributed by atoms with Gasteiger partial charge in [0.05, 0.1) is 0 Å². The van der Waals surface area contributed by atoms with Gasteiger partial charge in [0.1, 0.15) is 13.2 Å². The average molecular weight is 295 g/mol. The predicted molar refractivity (Wildman–Crippen MR) is 79.9 cm³/mol. The molecule has 4 nitrogen and oxygen atoms in total. The van der Waals surface area contributed by atoms with Crippen LogP contribution >= 0.6 is 11.8 Å². The van der Waals surface area contributed by atoms with E-state index in [0.29, 0.717) is 19.3 Å². The van der Waals surface area contributed by atoms with Crippen molar-refractivity contribution in [2.45, 2.75) is 30.3 Å². The van der Waals surface area contributed by atoms with Gasteiger partial charge >= 0.3 is 0 Å². The van der Waals surface area contributed by atoms with Crippen molar-refractivity contribution in [2.75, 3.05) is 32.7 Å². The van der Waals surface area contributed by atoms with Crippen LogP contribution in [-0.2, 0) is 11.3 Å². The summed E-state index contributed by atoms with van der Waals surface area (Å²) in [6.45, 7) is 3.89. The summed E-state index contributed by atoms with van der Waals surface area (Å²) >= 11 is 1.75. The zero-order valence-electron chi connectivity index (χ0n) is 11.8. The second kappa shape index (κ2) is 6.70. The number of nitrogens with one attached hydrogen (secondary N) is 1. The summed E-state index contributed by atoms with van der Waals surface area (Å²) in [4.78, 5) is 1.26. The smallest absolute Gasteiger partial charge is 0.162 e. The van der Waals surface area contributed by atoms with E-state index in [1.807, 2.05) is 0 Å². The van der Waals surface area contributed by atoms with Crippen LogP contribution in [0.3, 0.4) is 0 Å². The number of rotatable bonds is 4. The zero-order valence-corrected chi connectivity index (χ0v) is 12.6. The quantitative estimate of drug-likeness (QED) is 0.864. The predicted octanol–water partition coefficient (Wildman–Crippen LogP) is 2.45. The van der Waals surface area contributed by atoms with Crippen molar-refractivity contribution >= 4 is 11.8 Å². The lowest BCUT2D eigenvalue weighted by molar-refractivity contribution is 0.0775. The number of thioether (sulfide) groups is 1. The molecule has 2 aliphatic heterocycles. The molecule has 0 bridgehead atoms. The molecule has 0 radical (unpaired) electrons. The van der Waals surface area contributed by atoms with Gasteiger partial charge < -0.3 is 19.5 Å². The van der Waals surface area contributed by atoms with Gasteiger partial charge in [0, 0.05) is 30.7 Å². The molecule has 0 aliphatic carbocycles. The van der Waals surface area contributed by atoms with E-state index in [4.69, 9.17) is 14.2 Å². The first-order valence-corrected chi connectivity index (χ1v) is 8.37. The van der Waals surface area contributed by atoms with Crippen LogP contribution in [0.5, 0.6) is 11.5 Å². The molecule has 110 valence electrons. The molecule has 0 saturated carbocycles. The van der Waals surface area contributed by atoms with Gasteiger partial charge in [0.2, 0.25) is 0 Å². The van der Waals surface area contributed by atoms with E-state index in [9.17, 15) is 0 Å². The van der Waals surface area contributed by atoms with E-state index in [1.54, 1.807) is 11.8 Å². The Hall–Kier alpha value is -0.910. The summed E-state index contributed by atoms with van der Waals surface area (Å²) in [5, 5.41) is 3.63. The Morgan fingerprint density at radius 1 is 1.10 bits per heavy atom. The zero-order chi connectivity index (χ0) is 13.8. The first kappa shape index (κ1) is 14.0. The molecule has 0 spiro atoms. The molecule has 1 aromatic carbocycles. The lowest BCUT2D eigenvalue weighted by atomic mass is 10.1. The van der Waals surface area contributed by atoms with Crippen molar-refractivity contribution in [3.8, 4) is 11.5 Å². The molecule has 0 unspecified atom stereocenters. The second-order valence-corrected chi connectivity index (χ2v) is 5.92. The van der Waals surface area contributed by atoms with Gasteiger partial charge in [-0.15, -0.1) is 11.8 Å². The van der Waals surface area contributed by atoms with E-state index in [1.165, 1.54) is 10.5 Å².